The maximum absolute atomic E-state index is 11.8. The summed E-state index contributed by atoms with van der Waals surface area (Å²) in [6, 6.07) is 7.50. The van der Waals surface area contributed by atoms with E-state index in [1.807, 2.05) is 25.1 Å². The van der Waals surface area contributed by atoms with Gasteiger partial charge in [0, 0.05) is 6.04 Å². The molecule has 2 N–H and O–H groups in total. The van der Waals surface area contributed by atoms with Crippen molar-refractivity contribution in [2.45, 2.75) is 19.4 Å². The van der Waals surface area contributed by atoms with Gasteiger partial charge in [0.15, 0.2) is 0 Å². The molecule has 1 saturated heterocycles. The Kier molecular flexibility index (Phi) is 3.16. The number of nitrogens with one attached hydrogen (secondary N) is 2. The zero-order valence-electron chi connectivity index (χ0n) is 9.23. The average molecular weight is 240 g/mol. The lowest BCUT2D eigenvalue weighted by molar-refractivity contribution is 0.399. The van der Waals surface area contributed by atoms with Gasteiger partial charge in [-0.3, -0.25) is 4.72 Å². The highest BCUT2D eigenvalue weighted by molar-refractivity contribution is 7.92. The highest BCUT2D eigenvalue weighted by Crippen LogP contribution is 2.16. The van der Waals surface area contributed by atoms with Crippen LogP contribution < -0.4 is 10.0 Å². The van der Waals surface area contributed by atoms with Crippen molar-refractivity contribution in [2.24, 2.45) is 0 Å². The Labute approximate surface area is 96.1 Å². The summed E-state index contributed by atoms with van der Waals surface area (Å²) in [7, 11) is -3.23. The van der Waals surface area contributed by atoms with E-state index in [1.54, 1.807) is 6.07 Å². The van der Waals surface area contributed by atoms with Crippen molar-refractivity contribution in [2.75, 3.05) is 17.0 Å². The Morgan fingerprint density at radius 1 is 1.44 bits per heavy atom. The maximum atomic E-state index is 11.8. The van der Waals surface area contributed by atoms with Gasteiger partial charge in [-0.2, -0.15) is 0 Å². The van der Waals surface area contributed by atoms with E-state index >= 15 is 0 Å². The van der Waals surface area contributed by atoms with E-state index in [9.17, 15) is 8.42 Å². The van der Waals surface area contributed by atoms with Gasteiger partial charge in [-0.05, 0) is 31.5 Å². The van der Waals surface area contributed by atoms with Gasteiger partial charge in [-0.15, -0.1) is 0 Å². The minimum absolute atomic E-state index is 0.113. The molecule has 0 aliphatic carbocycles. The molecule has 1 aromatic carbocycles. The summed E-state index contributed by atoms with van der Waals surface area (Å²) < 4.78 is 26.2. The lowest BCUT2D eigenvalue weighted by Gasteiger charge is -2.27. The molecule has 16 heavy (non-hydrogen) atoms. The maximum Gasteiger partial charge on any atom is 0.234 e. The molecule has 88 valence electrons. The van der Waals surface area contributed by atoms with Crippen LogP contribution in [0.15, 0.2) is 24.3 Å². The van der Waals surface area contributed by atoms with Crippen molar-refractivity contribution in [1.29, 1.82) is 0 Å². The van der Waals surface area contributed by atoms with Crippen LogP contribution in [0.25, 0.3) is 0 Å². The third-order valence-electron chi connectivity index (χ3n) is 2.76. The topological polar surface area (TPSA) is 58.2 Å². The zero-order valence-corrected chi connectivity index (χ0v) is 10.0. The van der Waals surface area contributed by atoms with Crippen molar-refractivity contribution >= 4 is 15.7 Å². The summed E-state index contributed by atoms with van der Waals surface area (Å²) in [6.45, 7) is 2.81. The van der Waals surface area contributed by atoms with Gasteiger partial charge in [-0.25, -0.2) is 8.42 Å². The smallest absolute Gasteiger partial charge is 0.234 e. The molecule has 5 heteroatoms. The molecule has 1 aliphatic heterocycles. The van der Waals surface area contributed by atoms with Crippen LogP contribution in [0.4, 0.5) is 5.69 Å². The van der Waals surface area contributed by atoms with Gasteiger partial charge in [0.05, 0.1) is 11.4 Å². The highest BCUT2D eigenvalue weighted by atomic mass is 32.2. The third-order valence-corrected chi connectivity index (χ3v) is 4.13. The number of sulfonamides is 1. The predicted molar refractivity (Wildman–Crippen MR) is 65.0 cm³/mol. The van der Waals surface area contributed by atoms with Crippen molar-refractivity contribution in [3.63, 3.8) is 0 Å². The monoisotopic (exact) mass is 240 g/mol. The van der Waals surface area contributed by atoms with Gasteiger partial charge in [0.25, 0.3) is 0 Å². The van der Waals surface area contributed by atoms with Crippen molar-refractivity contribution in [3.05, 3.63) is 29.8 Å². The third kappa shape index (κ3) is 2.74. The fourth-order valence-corrected chi connectivity index (χ4v) is 3.11. The largest absolute Gasteiger partial charge is 0.313 e. The lowest BCUT2D eigenvalue weighted by Crippen LogP contribution is -2.48. The zero-order chi connectivity index (χ0) is 11.6. The van der Waals surface area contributed by atoms with Crippen molar-refractivity contribution in [1.82, 2.24) is 5.32 Å². The van der Waals surface area contributed by atoms with Crippen LogP contribution in [0.5, 0.6) is 0 Å². The molecule has 1 atom stereocenters. The lowest BCUT2D eigenvalue weighted by atomic mass is 10.1. The minimum atomic E-state index is -3.23. The molecule has 1 aromatic rings. The van der Waals surface area contributed by atoms with Gasteiger partial charge >= 0.3 is 0 Å². The number of rotatable bonds is 4. The number of benzene rings is 1. The molecule has 0 spiro atoms. The summed E-state index contributed by atoms with van der Waals surface area (Å²) in [5.41, 5.74) is 1.61. The molecular formula is C11H16N2O2S. The second-order valence-electron chi connectivity index (χ2n) is 4.14. The molecular weight excluding hydrogens is 224 g/mol. The molecule has 0 aromatic heterocycles. The standard InChI is InChI=1S/C11H16N2O2S/c1-9-4-2-3-5-11(9)13-16(14,15)8-10-6-7-12-10/h2-5,10,12-13H,6-8H2,1H3. The summed E-state index contributed by atoms with van der Waals surface area (Å²) in [5, 5.41) is 3.08. The van der Waals surface area contributed by atoms with Crippen LogP contribution >= 0.6 is 0 Å². The summed E-state index contributed by atoms with van der Waals surface area (Å²) in [6.07, 6.45) is 0.939. The van der Waals surface area contributed by atoms with E-state index in [4.69, 9.17) is 0 Å². The number of hydrogen-bond donors (Lipinski definition) is 2. The van der Waals surface area contributed by atoms with Gasteiger partial charge in [-0.1, -0.05) is 18.2 Å². The Morgan fingerprint density at radius 2 is 2.12 bits per heavy atom. The fourth-order valence-electron chi connectivity index (χ4n) is 1.65. The molecule has 0 bridgehead atoms. The Balaban J connectivity index is 2.05. The summed E-state index contributed by atoms with van der Waals surface area (Å²) >= 11 is 0. The molecule has 1 fully saturated rings. The van der Waals surface area contributed by atoms with E-state index in [-0.39, 0.29) is 11.8 Å². The number of para-hydroxylation sites is 1. The molecule has 1 unspecified atom stereocenters. The first-order chi connectivity index (χ1) is 7.57. The van der Waals surface area contributed by atoms with Gasteiger partial charge < -0.3 is 5.32 Å². The van der Waals surface area contributed by atoms with Crippen LogP contribution in [-0.4, -0.2) is 26.8 Å². The van der Waals surface area contributed by atoms with Crippen molar-refractivity contribution < 1.29 is 8.42 Å². The number of hydrogen-bond acceptors (Lipinski definition) is 3. The molecule has 0 saturated carbocycles. The number of anilines is 1. The molecule has 1 aliphatic rings. The summed E-state index contributed by atoms with van der Waals surface area (Å²) in [5.74, 6) is 0.154. The molecule has 0 radical (unpaired) electrons. The van der Waals surface area contributed by atoms with E-state index in [1.165, 1.54) is 0 Å². The average Bonchev–Trinajstić information content (AvgIpc) is 2.16. The van der Waals surface area contributed by atoms with E-state index in [2.05, 4.69) is 10.0 Å². The Bertz CT molecular complexity index is 467. The second kappa shape index (κ2) is 4.43. The van der Waals surface area contributed by atoms with E-state index in [0.717, 1.165) is 18.5 Å². The Morgan fingerprint density at radius 3 is 2.69 bits per heavy atom. The molecule has 0 amide bonds. The van der Waals surface area contributed by atoms with Crippen molar-refractivity contribution in [3.8, 4) is 0 Å². The SMILES string of the molecule is Cc1ccccc1NS(=O)(=O)CC1CCN1. The van der Waals surface area contributed by atoms with Crippen LogP contribution in [-0.2, 0) is 10.0 Å². The molecule has 1 heterocycles. The highest BCUT2D eigenvalue weighted by Gasteiger charge is 2.23. The van der Waals surface area contributed by atoms with E-state index in [0.29, 0.717) is 5.69 Å². The number of aryl methyl sites for hydroxylation is 1. The van der Waals surface area contributed by atoms with Crippen LogP contribution in [0.1, 0.15) is 12.0 Å². The van der Waals surface area contributed by atoms with Crippen LogP contribution in [0, 0.1) is 6.92 Å². The van der Waals surface area contributed by atoms with Gasteiger partial charge in [0.2, 0.25) is 10.0 Å². The molecule has 4 nitrogen and oxygen atoms in total. The minimum Gasteiger partial charge on any atom is -0.313 e. The van der Waals surface area contributed by atoms with E-state index < -0.39 is 10.0 Å². The second-order valence-corrected chi connectivity index (χ2v) is 5.91. The summed E-state index contributed by atoms with van der Waals surface area (Å²) in [4.78, 5) is 0. The van der Waals surface area contributed by atoms with Crippen LogP contribution in [0.3, 0.4) is 0 Å². The predicted octanol–water partition coefficient (Wildman–Crippen LogP) is 1.10. The van der Waals surface area contributed by atoms with Gasteiger partial charge in [0.1, 0.15) is 0 Å². The fraction of sp³-hybridized carbons (Fsp3) is 0.455. The van der Waals surface area contributed by atoms with Crippen LogP contribution in [0.2, 0.25) is 0 Å². The molecule has 2 rings (SSSR count). The normalized spacial score (nSPS) is 20.2. The Hall–Kier alpha value is -1.07. The first-order valence-electron chi connectivity index (χ1n) is 5.36. The first-order valence-corrected chi connectivity index (χ1v) is 7.01. The quantitative estimate of drug-likeness (QED) is 0.828. The first kappa shape index (κ1) is 11.4.